The zero-order chi connectivity index (χ0) is 17.2. The first-order valence-electron chi connectivity index (χ1n) is 7.87. The Morgan fingerprint density at radius 2 is 2.00 bits per heavy atom. The fourth-order valence-corrected chi connectivity index (χ4v) is 2.63. The van der Waals surface area contributed by atoms with Crippen molar-refractivity contribution in [3.63, 3.8) is 0 Å². The van der Waals surface area contributed by atoms with E-state index in [1.54, 1.807) is 11.7 Å². The molecule has 0 spiro atoms. The summed E-state index contributed by atoms with van der Waals surface area (Å²) < 4.78 is 50.8. The van der Waals surface area contributed by atoms with E-state index in [1.165, 1.54) is 12.1 Å². The van der Waals surface area contributed by atoms with Gasteiger partial charge in [0.25, 0.3) is 0 Å². The maximum absolute atomic E-state index is 12.6. The molecule has 7 heteroatoms. The molecule has 1 aliphatic rings. The van der Waals surface area contributed by atoms with Crippen LogP contribution in [0, 0.1) is 0 Å². The molecule has 1 saturated heterocycles. The lowest BCUT2D eigenvalue weighted by molar-refractivity contribution is -0.169. The minimum Gasteiger partial charge on any atom is -0.353 e. The van der Waals surface area contributed by atoms with Crippen LogP contribution in [0.4, 0.5) is 13.2 Å². The third-order valence-electron chi connectivity index (χ3n) is 4.04. The Balaban J connectivity index is 1.69. The number of rotatable bonds is 4. The number of alkyl halides is 3. The molecule has 130 valence electrons. The summed E-state index contributed by atoms with van der Waals surface area (Å²) in [6.07, 6.45) is -1.50. The molecule has 0 aliphatic carbocycles. The van der Waals surface area contributed by atoms with Crippen molar-refractivity contribution in [2.45, 2.75) is 38.3 Å². The van der Waals surface area contributed by atoms with Gasteiger partial charge in [0, 0.05) is 19.2 Å². The van der Waals surface area contributed by atoms with Gasteiger partial charge in [0.05, 0.1) is 23.6 Å². The van der Waals surface area contributed by atoms with E-state index in [-0.39, 0.29) is 6.29 Å². The smallest absolute Gasteiger partial charge is 0.353 e. The lowest BCUT2D eigenvalue weighted by Crippen LogP contribution is -2.22. The van der Waals surface area contributed by atoms with E-state index in [0.717, 1.165) is 37.1 Å². The Morgan fingerprint density at radius 1 is 1.25 bits per heavy atom. The van der Waals surface area contributed by atoms with E-state index in [0.29, 0.717) is 24.5 Å². The van der Waals surface area contributed by atoms with Crippen molar-refractivity contribution in [1.29, 1.82) is 0 Å². The fraction of sp³-hybridized carbons (Fsp3) is 0.471. The van der Waals surface area contributed by atoms with Crippen molar-refractivity contribution in [1.82, 2.24) is 9.78 Å². The van der Waals surface area contributed by atoms with Gasteiger partial charge in [0.15, 0.2) is 6.29 Å². The van der Waals surface area contributed by atoms with Crippen LogP contribution in [-0.2, 0) is 29.3 Å². The van der Waals surface area contributed by atoms with Gasteiger partial charge in [-0.05, 0) is 37.5 Å². The molecule has 0 bridgehead atoms. The molecule has 1 aromatic carbocycles. The summed E-state index contributed by atoms with van der Waals surface area (Å²) in [7, 11) is 1.79. The highest BCUT2D eigenvalue weighted by Gasteiger charge is 2.30. The van der Waals surface area contributed by atoms with Crippen molar-refractivity contribution < 1.29 is 22.6 Å². The zero-order valence-corrected chi connectivity index (χ0v) is 13.3. The van der Waals surface area contributed by atoms with Crippen LogP contribution in [0.25, 0.3) is 11.3 Å². The van der Waals surface area contributed by atoms with Gasteiger partial charge in [-0.3, -0.25) is 4.68 Å². The van der Waals surface area contributed by atoms with E-state index in [9.17, 15) is 13.2 Å². The summed E-state index contributed by atoms with van der Waals surface area (Å²) in [6, 6.07) is 6.82. The first kappa shape index (κ1) is 17.0. The highest BCUT2D eigenvalue weighted by atomic mass is 19.4. The maximum Gasteiger partial charge on any atom is 0.416 e. The summed E-state index contributed by atoms with van der Waals surface area (Å²) in [5, 5.41) is 4.35. The molecule has 1 unspecified atom stereocenters. The van der Waals surface area contributed by atoms with Crippen LogP contribution < -0.4 is 0 Å². The number of hydrogen-bond donors (Lipinski definition) is 0. The average molecular weight is 340 g/mol. The summed E-state index contributed by atoms with van der Waals surface area (Å²) >= 11 is 0. The minimum absolute atomic E-state index is 0.192. The number of halogens is 3. The zero-order valence-electron chi connectivity index (χ0n) is 13.3. The molecule has 3 rings (SSSR count). The van der Waals surface area contributed by atoms with Gasteiger partial charge in [-0.25, -0.2) is 0 Å². The summed E-state index contributed by atoms with van der Waals surface area (Å²) in [6.45, 7) is 1.07. The van der Waals surface area contributed by atoms with Crippen LogP contribution in [0.1, 0.15) is 30.5 Å². The second-order valence-corrected chi connectivity index (χ2v) is 5.83. The Labute approximate surface area is 138 Å². The first-order chi connectivity index (χ1) is 11.4. The van der Waals surface area contributed by atoms with Gasteiger partial charge in [-0.1, -0.05) is 12.1 Å². The largest absolute Gasteiger partial charge is 0.416 e. The number of aryl methyl sites for hydroxylation is 1. The van der Waals surface area contributed by atoms with Crippen LogP contribution in [0.5, 0.6) is 0 Å². The van der Waals surface area contributed by atoms with E-state index in [2.05, 4.69) is 5.10 Å². The molecule has 1 aliphatic heterocycles. The highest BCUT2D eigenvalue weighted by Crippen LogP contribution is 2.31. The maximum atomic E-state index is 12.6. The lowest BCUT2D eigenvalue weighted by Gasteiger charge is -2.22. The van der Waals surface area contributed by atoms with Crippen molar-refractivity contribution in [3.8, 4) is 11.3 Å². The van der Waals surface area contributed by atoms with Crippen LogP contribution in [-0.4, -0.2) is 22.7 Å². The lowest BCUT2D eigenvalue weighted by atomic mass is 10.1. The molecule has 1 atom stereocenters. The molecule has 24 heavy (non-hydrogen) atoms. The Kier molecular flexibility index (Phi) is 4.91. The number of aromatic nitrogens is 2. The van der Waals surface area contributed by atoms with E-state index in [1.807, 2.05) is 6.07 Å². The van der Waals surface area contributed by atoms with Gasteiger partial charge in [-0.15, -0.1) is 0 Å². The summed E-state index contributed by atoms with van der Waals surface area (Å²) in [5.74, 6) is 0. The quantitative estimate of drug-likeness (QED) is 0.839. The molecule has 0 saturated carbocycles. The van der Waals surface area contributed by atoms with Crippen molar-refractivity contribution >= 4 is 0 Å². The predicted molar refractivity (Wildman–Crippen MR) is 82.0 cm³/mol. The van der Waals surface area contributed by atoms with E-state index < -0.39 is 11.7 Å². The molecule has 4 nitrogen and oxygen atoms in total. The standard InChI is InChI=1S/C17H19F3N2O2/c1-22-14(11-24-16-4-2-3-9-23-16)10-15(21-22)12-5-7-13(8-6-12)17(18,19)20/h5-8,10,16H,2-4,9,11H2,1H3. The second-order valence-electron chi connectivity index (χ2n) is 5.83. The van der Waals surface area contributed by atoms with Crippen LogP contribution in [0.3, 0.4) is 0 Å². The van der Waals surface area contributed by atoms with Crippen LogP contribution >= 0.6 is 0 Å². The Hall–Kier alpha value is -1.86. The number of benzene rings is 1. The highest BCUT2D eigenvalue weighted by molar-refractivity contribution is 5.59. The van der Waals surface area contributed by atoms with Gasteiger partial charge >= 0.3 is 6.18 Å². The third-order valence-corrected chi connectivity index (χ3v) is 4.04. The minimum atomic E-state index is -4.33. The van der Waals surface area contributed by atoms with Gasteiger partial charge in [0.1, 0.15) is 0 Å². The van der Waals surface area contributed by atoms with Gasteiger partial charge < -0.3 is 9.47 Å². The predicted octanol–water partition coefficient (Wildman–Crippen LogP) is 4.15. The molecule has 0 radical (unpaired) electrons. The molecular formula is C17H19F3N2O2. The topological polar surface area (TPSA) is 36.3 Å². The molecule has 1 fully saturated rings. The SMILES string of the molecule is Cn1nc(-c2ccc(C(F)(F)F)cc2)cc1COC1CCCCO1. The summed E-state index contributed by atoms with van der Waals surface area (Å²) in [4.78, 5) is 0. The molecule has 0 amide bonds. The van der Waals surface area contributed by atoms with E-state index >= 15 is 0 Å². The van der Waals surface area contributed by atoms with Gasteiger partial charge in [-0.2, -0.15) is 18.3 Å². The average Bonchev–Trinajstić information content (AvgIpc) is 2.94. The van der Waals surface area contributed by atoms with Crippen molar-refractivity contribution in [2.24, 2.45) is 7.05 Å². The number of nitrogens with zero attached hydrogens (tertiary/aromatic N) is 2. The van der Waals surface area contributed by atoms with Crippen molar-refractivity contribution in [3.05, 3.63) is 41.6 Å². The molecule has 2 aromatic rings. The first-order valence-corrected chi connectivity index (χ1v) is 7.87. The monoisotopic (exact) mass is 340 g/mol. The molecule has 2 heterocycles. The number of ether oxygens (including phenoxy) is 2. The molecule has 1 aromatic heterocycles. The Bertz CT molecular complexity index is 674. The van der Waals surface area contributed by atoms with Crippen LogP contribution in [0.15, 0.2) is 30.3 Å². The fourth-order valence-electron chi connectivity index (χ4n) is 2.63. The number of hydrogen-bond acceptors (Lipinski definition) is 3. The Morgan fingerprint density at radius 3 is 2.62 bits per heavy atom. The van der Waals surface area contributed by atoms with Crippen LogP contribution in [0.2, 0.25) is 0 Å². The second kappa shape index (κ2) is 6.94. The summed E-state index contributed by atoms with van der Waals surface area (Å²) in [5.41, 5.74) is 1.44. The van der Waals surface area contributed by atoms with Crippen molar-refractivity contribution in [2.75, 3.05) is 6.61 Å². The molecule has 0 N–H and O–H groups in total. The van der Waals surface area contributed by atoms with E-state index in [4.69, 9.17) is 9.47 Å². The molecular weight excluding hydrogens is 321 g/mol. The third kappa shape index (κ3) is 3.96. The normalized spacial score (nSPS) is 18.8. The van der Waals surface area contributed by atoms with Gasteiger partial charge in [0.2, 0.25) is 0 Å².